The van der Waals surface area contributed by atoms with Crippen LogP contribution in [0.1, 0.15) is 5.56 Å². The smallest absolute Gasteiger partial charge is 0.310 e. The molecule has 0 saturated carbocycles. The minimum atomic E-state index is -0.485. The molecule has 2 aromatic rings. The van der Waals surface area contributed by atoms with E-state index in [1.807, 2.05) is 30.3 Å². The number of thioether (sulfide) groups is 1. The van der Waals surface area contributed by atoms with Crippen LogP contribution in [0.4, 0.5) is 5.69 Å². The number of hydrogen-bond acceptors (Lipinski definition) is 5. The zero-order chi connectivity index (χ0) is 15.1. The van der Waals surface area contributed by atoms with Gasteiger partial charge in [-0.25, -0.2) is 0 Å². The minimum absolute atomic E-state index is 0.0862. The van der Waals surface area contributed by atoms with Crippen LogP contribution >= 0.6 is 11.8 Å². The Hall–Kier alpha value is -2.05. The SMILES string of the molecule is O=[N+]([O-])c1ccc(CO)cc1OCCSc1ccccc1. The molecule has 1 N–H and O–H groups in total. The van der Waals surface area contributed by atoms with E-state index in [2.05, 4.69) is 0 Å². The van der Waals surface area contributed by atoms with Crippen molar-refractivity contribution in [3.8, 4) is 5.75 Å². The Kier molecular flexibility index (Phi) is 5.59. The molecule has 0 aromatic heterocycles. The van der Waals surface area contributed by atoms with E-state index in [1.165, 1.54) is 18.2 Å². The first kappa shape index (κ1) is 15.3. The number of aliphatic hydroxyl groups excluding tert-OH is 1. The normalized spacial score (nSPS) is 10.3. The Labute approximate surface area is 126 Å². The second-order valence-electron chi connectivity index (χ2n) is 4.23. The lowest BCUT2D eigenvalue weighted by molar-refractivity contribution is -0.385. The minimum Gasteiger partial charge on any atom is -0.486 e. The highest BCUT2D eigenvalue weighted by Gasteiger charge is 2.15. The number of aliphatic hydroxyl groups is 1. The Morgan fingerprint density at radius 1 is 1.19 bits per heavy atom. The lowest BCUT2D eigenvalue weighted by atomic mass is 10.2. The van der Waals surface area contributed by atoms with Crippen LogP contribution in [0.2, 0.25) is 0 Å². The van der Waals surface area contributed by atoms with E-state index >= 15 is 0 Å². The van der Waals surface area contributed by atoms with Crippen LogP contribution in [-0.2, 0) is 6.61 Å². The van der Waals surface area contributed by atoms with Crippen LogP contribution < -0.4 is 4.74 Å². The van der Waals surface area contributed by atoms with Crippen molar-refractivity contribution in [1.82, 2.24) is 0 Å². The summed E-state index contributed by atoms with van der Waals surface area (Å²) in [6, 6.07) is 14.2. The summed E-state index contributed by atoms with van der Waals surface area (Å²) >= 11 is 1.62. The van der Waals surface area contributed by atoms with Crippen molar-refractivity contribution in [3.63, 3.8) is 0 Å². The molecule has 5 nitrogen and oxygen atoms in total. The largest absolute Gasteiger partial charge is 0.486 e. The first-order valence-corrected chi connectivity index (χ1v) is 7.38. The predicted molar refractivity (Wildman–Crippen MR) is 81.7 cm³/mol. The molecule has 21 heavy (non-hydrogen) atoms. The molecule has 2 aromatic carbocycles. The highest BCUT2D eigenvalue weighted by atomic mass is 32.2. The lowest BCUT2D eigenvalue weighted by Crippen LogP contribution is -2.03. The molecule has 0 aliphatic carbocycles. The number of benzene rings is 2. The molecule has 2 rings (SSSR count). The Bertz CT molecular complexity index is 604. The van der Waals surface area contributed by atoms with Gasteiger partial charge in [-0.2, -0.15) is 0 Å². The second kappa shape index (κ2) is 7.66. The third-order valence-electron chi connectivity index (χ3n) is 2.76. The number of nitro benzene ring substituents is 1. The van der Waals surface area contributed by atoms with Gasteiger partial charge in [0.15, 0.2) is 5.75 Å². The van der Waals surface area contributed by atoms with Crippen LogP contribution in [0.15, 0.2) is 53.4 Å². The first-order chi connectivity index (χ1) is 10.2. The quantitative estimate of drug-likeness (QED) is 0.368. The van der Waals surface area contributed by atoms with E-state index < -0.39 is 4.92 Å². The molecule has 0 spiro atoms. The van der Waals surface area contributed by atoms with Gasteiger partial charge in [-0.05, 0) is 29.8 Å². The molecule has 0 fully saturated rings. The molecule has 0 bridgehead atoms. The maximum absolute atomic E-state index is 10.9. The van der Waals surface area contributed by atoms with Crippen molar-refractivity contribution in [2.24, 2.45) is 0 Å². The topological polar surface area (TPSA) is 72.6 Å². The van der Waals surface area contributed by atoms with Gasteiger partial charge in [-0.3, -0.25) is 10.1 Å². The third kappa shape index (κ3) is 4.47. The average molecular weight is 305 g/mol. The number of nitrogens with zero attached hydrogens (tertiary/aromatic N) is 1. The highest BCUT2D eigenvalue weighted by molar-refractivity contribution is 7.99. The zero-order valence-corrected chi connectivity index (χ0v) is 12.1. The van der Waals surface area contributed by atoms with Crippen molar-refractivity contribution in [2.75, 3.05) is 12.4 Å². The van der Waals surface area contributed by atoms with Gasteiger partial charge in [-0.15, -0.1) is 11.8 Å². The summed E-state index contributed by atoms with van der Waals surface area (Å²) in [5.41, 5.74) is 0.503. The Morgan fingerprint density at radius 3 is 2.62 bits per heavy atom. The molecule has 0 radical (unpaired) electrons. The summed E-state index contributed by atoms with van der Waals surface area (Å²) < 4.78 is 5.49. The summed E-state index contributed by atoms with van der Waals surface area (Å²) in [7, 11) is 0. The fourth-order valence-electron chi connectivity index (χ4n) is 1.75. The van der Waals surface area contributed by atoms with Gasteiger partial charge >= 0.3 is 5.69 Å². The van der Waals surface area contributed by atoms with Crippen LogP contribution in [0.5, 0.6) is 5.75 Å². The third-order valence-corrected chi connectivity index (χ3v) is 3.73. The molecule has 110 valence electrons. The van der Waals surface area contributed by atoms with Gasteiger partial charge in [0.05, 0.1) is 18.1 Å². The zero-order valence-electron chi connectivity index (χ0n) is 11.3. The van der Waals surface area contributed by atoms with E-state index in [9.17, 15) is 10.1 Å². The molecule has 0 heterocycles. The average Bonchev–Trinajstić information content (AvgIpc) is 2.52. The molecule has 0 amide bonds. The summed E-state index contributed by atoms with van der Waals surface area (Å²) in [5.74, 6) is 0.880. The predicted octanol–water partition coefficient (Wildman–Crippen LogP) is 3.26. The van der Waals surface area contributed by atoms with Gasteiger partial charge < -0.3 is 9.84 Å². The van der Waals surface area contributed by atoms with Crippen LogP contribution in [0, 0.1) is 10.1 Å². The van der Waals surface area contributed by atoms with E-state index in [-0.39, 0.29) is 18.0 Å². The summed E-state index contributed by atoms with van der Waals surface area (Å²) in [4.78, 5) is 11.6. The Morgan fingerprint density at radius 2 is 1.95 bits per heavy atom. The highest BCUT2D eigenvalue weighted by Crippen LogP contribution is 2.28. The summed E-state index contributed by atoms with van der Waals surface area (Å²) in [6.07, 6.45) is 0. The van der Waals surface area contributed by atoms with E-state index in [4.69, 9.17) is 9.84 Å². The fraction of sp³-hybridized carbons (Fsp3) is 0.200. The number of rotatable bonds is 7. The molecule has 6 heteroatoms. The fourth-order valence-corrected chi connectivity index (χ4v) is 2.50. The summed E-state index contributed by atoms with van der Waals surface area (Å²) in [6.45, 7) is 0.183. The molecule has 0 aliphatic heterocycles. The van der Waals surface area contributed by atoms with Gasteiger partial charge in [0, 0.05) is 16.7 Å². The van der Waals surface area contributed by atoms with Crippen molar-refractivity contribution < 1.29 is 14.8 Å². The van der Waals surface area contributed by atoms with Gasteiger partial charge in [0.25, 0.3) is 0 Å². The number of ether oxygens (including phenoxy) is 1. The molecule has 0 aliphatic rings. The van der Waals surface area contributed by atoms with Crippen molar-refractivity contribution in [2.45, 2.75) is 11.5 Å². The lowest BCUT2D eigenvalue weighted by Gasteiger charge is -2.08. The number of nitro groups is 1. The van der Waals surface area contributed by atoms with Crippen LogP contribution in [0.3, 0.4) is 0 Å². The van der Waals surface area contributed by atoms with Crippen LogP contribution in [-0.4, -0.2) is 22.4 Å². The van der Waals surface area contributed by atoms with Crippen molar-refractivity contribution >= 4 is 17.4 Å². The molecular formula is C15H15NO4S. The van der Waals surface area contributed by atoms with Crippen molar-refractivity contribution in [1.29, 1.82) is 0 Å². The van der Waals surface area contributed by atoms with Gasteiger partial charge in [0.2, 0.25) is 0 Å². The molecule has 0 saturated heterocycles. The maximum atomic E-state index is 10.9. The van der Waals surface area contributed by atoms with E-state index in [0.29, 0.717) is 17.9 Å². The monoisotopic (exact) mass is 305 g/mol. The second-order valence-corrected chi connectivity index (χ2v) is 5.40. The number of hydrogen-bond donors (Lipinski definition) is 1. The van der Waals surface area contributed by atoms with E-state index in [1.54, 1.807) is 11.8 Å². The van der Waals surface area contributed by atoms with Crippen LogP contribution in [0.25, 0.3) is 0 Å². The standard InChI is InChI=1S/C15H15NO4S/c17-11-12-6-7-14(16(18)19)15(10-12)20-8-9-21-13-4-2-1-3-5-13/h1-7,10,17H,8-9,11H2. The first-order valence-electron chi connectivity index (χ1n) is 6.39. The maximum Gasteiger partial charge on any atom is 0.310 e. The van der Waals surface area contributed by atoms with Crippen molar-refractivity contribution in [3.05, 3.63) is 64.2 Å². The van der Waals surface area contributed by atoms with E-state index in [0.717, 1.165) is 4.90 Å². The molecular weight excluding hydrogens is 290 g/mol. The molecule has 0 atom stereocenters. The van der Waals surface area contributed by atoms with Gasteiger partial charge in [-0.1, -0.05) is 18.2 Å². The Balaban J connectivity index is 1.94. The van der Waals surface area contributed by atoms with Gasteiger partial charge in [0.1, 0.15) is 0 Å². The summed E-state index contributed by atoms with van der Waals surface area (Å²) in [5, 5.41) is 20.0. The molecule has 0 unspecified atom stereocenters.